The van der Waals surface area contributed by atoms with Gasteiger partial charge in [0.1, 0.15) is 0 Å². The van der Waals surface area contributed by atoms with E-state index in [1.807, 2.05) is 19.1 Å². The Hall–Kier alpha value is -1.25. The monoisotopic (exact) mass is 258 g/mol. The number of rotatable bonds is 4. The molecule has 0 fully saturated rings. The van der Waals surface area contributed by atoms with Crippen molar-refractivity contribution in [3.63, 3.8) is 0 Å². The first-order chi connectivity index (χ1) is 8.70. The molecule has 0 aromatic heterocycles. The van der Waals surface area contributed by atoms with Crippen LogP contribution in [-0.2, 0) is 0 Å². The van der Waals surface area contributed by atoms with Crippen LogP contribution in [-0.4, -0.2) is 5.11 Å². The van der Waals surface area contributed by atoms with E-state index in [4.69, 9.17) is 0 Å². The quantitative estimate of drug-likeness (QED) is 0.865. The third kappa shape index (κ3) is 3.15. The van der Waals surface area contributed by atoms with E-state index in [-0.39, 0.29) is 6.10 Å². The molecule has 2 aromatic rings. The predicted molar refractivity (Wildman–Crippen MR) is 77.0 cm³/mol. The van der Waals surface area contributed by atoms with E-state index in [9.17, 15) is 5.11 Å². The highest BCUT2D eigenvalue weighted by atomic mass is 32.2. The molecule has 0 aliphatic carbocycles. The number of hydrogen-bond donors (Lipinski definition) is 1. The zero-order valence-corrected chi connectivity index (χ0v) is 11.6. The molecule has 2 aromatic carbocycles. The van der Waals surface area contributed by atoms with Gasteiger partial charge in [-0.05, 0) is 42.7 Å². The van der Waals surface area contributed by atoms with Crippen LogP contribution >= 0.6 is 11.8 Å². The lowest BCUT2D eigenvalue weighted by Crippen LogP contribution is -1.94. The Morgan fingerprint density at radius 3 is 2.33 bits per heavy atom. The first kappa shape index (κ1) is 13.2. The molecule has 0 saturated carbocycles. The summed E-state index contributed by atoms with van der Waals surface area (Å²) in [5.41, 5.74) is 2.28. The molecule has 94 valence electrons. The molecule has 1 unspecified atom stereocenters. The first-order valence-electron chi connectivity index (χ1n) is 6.22. The van der Waals surface area contributed by atoms with E-state index < -0.39 is 0 Å². The van der Waals surface area contributed by atoms with Crippen LogP contribution in [0.5, 0.6) is 0 Å². The number of aliphatic hydroxyl groups is 1. The Kier molecular flexibility index (Phi) is 4.45. The van der Waals surface area contributed by atoms with Crippen molar-refractivity contribution in [3.05, 3.63) is 59.7 Å². The average Bonchev–Trinajstić information content (AvgIpc) is 2.41. The summed E-state index contributed by atoms with van der Waals surface area (Å²) < 4.78 is 0. The van der Waals surface area contributed by atoms with E-state index >= 15 is 0 Å². The number of hydrogen-bond acceptors (Lipinski definition) is 2. The van der Waals surface area contributed by atoms with Gasteiger partial charge in [0.2, 0.25) is 0 Å². The second kappa shape index (κ2) is 6.07. The normalized spacial score (nSPS) is 12.4. The maximum absolute atomic E-state index is 9.75. The Balaban J connectivity index is 2.14. The van der Waals surface area contributed by atoms with Gasteiger partial charge in [0.25, 0.3) is 0 Å². The van der Waals surface area contributed by atoms with Gasteiger partial charge in [0.15, 0.2) is 0 Å². The molecule has 0 bridgehead atoms. The van der Waals surface area contributed by atoms with Gasteiger partial charge >= 0.3 is 0 Å². The molecule has 0 aliphatic heterocycles. The van der Waals surface area contributed by atoms with Gasteiger partial charge in [-0.3, -0.25) is 0 Å². The van der Waals surface area contributed by atoms with Gasteiger partial charge in [-0.1, -0.05) is 49.0 Å². The molecule has 0 spiro atoms. The second-order valence-corrected chi connectivity index (χ2v) is 5.48. The van der Waals surface area contributed by atoms with Crippen molar-refractivity contribution < 1.29 is 5.11 Å². The maximum Gasteiger partial charge on any atom is 0.0787 e. The summed E-state index contributed by atoms with van der Waals surface area (Å²) in [5.74, 6) is 0. The minimum atomic E-state index is -0.345. The third-order valence-corrected chi connectivity index (χ3v) is 4.16. The summed E-state index contributed by atoms with van der Waals surface area (Å²) in [4.78, 5) is 2.48. The smallest absolute Gasteiger partial charge is 0.0787 e. The molecule has 1 atom stereocenters. The van der Waals surface area contributed by atoms with E-state index in [2.05, 4.69) is 43.3 Å². The molecule has 0 heterocycles. The third-order valence-electron chi connectivity index (χ3n) is 2.97. The molecule has 0 saturated heterocycles. The standard InChI is InChI=1S/C16H18OS/c1-3-15(17)13-8-10-14(11-9-13)18-16-7-5-4-6-12(16)2/h4-11,15,17H,3H2,1-2H3. The van der Waals surface area contributed by atoms with Crippen molar-refractivity contribution in [1.82, 2.24) is 0 Å². The summed E-state index contributed by atoms with van der Waals surface area (Å²) in [6, 6.07) is 16.5. The van der Waals surface area contributed by atoms with Crippen molar-refractivity contribution in [2.24, 2.45) is 0 Å². The van der Waals surface area contributed by atoms with E-state index in [1.54, 1.807) is 11.8 Å². The fraction of sp³-hybridized carbons (Fsp3) is 0.250. The first-order valence-corrected chi connectivity index (χ1v) is 7.04. The van der Waals surface area contributed by atoms with Gasteiger partial charge < -0.3 is 5.11 Å². The van der Waals surface area contributed by atoms with Crippen LogP contribution < -0.4 is 0 Å². The van der Waals surface area contributed by atoms with Gasteiger partial charge in [-0.2, -0.15) is 0 Å². The molecule has 18 heavy (non-hydrogen) atoms. The van der Waals surface area contributed by atoms with Gasteiger partial charge in [0, 0.05) is 9.79 Å². The van der Waals surface area contributed by atoms with Crippen LogP contribution in [0, 0.1) is 6.92 Å². The van der Waals surface area contributed by atoms with Crippen molar-refractivity contribution in [2.75, 3.05) is 0 Å². The zero-order chi connectivity index (χ0) is 13.0. The topological polar surface area (TPSA) is 20.2 Å². The SMILES string of the molecule is CCC(O)c1ccc(Sc2ccccc2C)cc1. The van der Waals surface area contributed by atoms with Crippen LogP contribution in [0.2, 0.25) is 0 Å². The van der Waals surface area contributed by atoms with E-state index in [0.29, 0.717) is 0 Å². The summed E-state index contributed by atoms with van der Waals surface area (Å²) in [5, 5.41) is 9.75. The zero-order valence-electron chi connectivity index (χ0n) is 10.8. The Bertz CT molecular complexity index is 505. The van der Waals surface area contributed by atoms with Crippen LogP contribution in [0.4, 0.5) is 0 Å². The molecular weight excluding hydrogens is 240 g/mol. The van der Waals surface area contributed by atoms with Crippen molar-refractivity contribution >= 4 is 11.8 Å². The average molecular weight is 258 g/mol. The van der Waals surface area contributed by atoms with Crippen LogP contribution in [0.3, 0.4) is 0 Å². The molecular formula is C16H18OS. The van der Waals surface area contributed by atoms with Gasteiger partial charge in [-0.25, -0.2) is 0 Å². The number of benzene rings is 2. The predicted octanol–water partition coefficient (Wildman–Crippen LogP) is 4.59. The van der Waals surface area contributed by atoms with Crippen LogP contribution in [0.25, 0.3) is 0 Å². The maximum atomic E-state index is 9.75. The molecule has 0 radical (unpaired) electrons. The molecule has 0 aliphatic rings. The highest BCUT2D eigenvalue weighted by Gasteiger charge is 2.05. The van der Waals surface area contributed by atoms with E-state index in [1.165, 1.54) is 15.4 Å². The van der Waals surface area contributed by atoms with Crippen molar-refractivity contribution in [3.8, 4) is 0 Å². The highest BCUT2D eigenvalue weighted by molar-refractivity contribution is 7.99. The van der Waals surface area contributed by atoms with Crippen molar-refractivity contribution in [1.29, 1.82) is 0 Å². The highest BCUT2D eigenvalue weighted by Crippen LogP contribution is 2.30. The Labute approximate surface area is 113 Å². The fourth-order valence-corrected chi connectivity index (χ4v) is 2.69. The Morgan fingerprint density at radius 2 is 1.72 bits per heavy atom. The summed E-state index contributed by atoms with van der Waals surface area (Å²) in [6.07, 6.45) is 0.409. The number of aryl methyl sites for hydroxylation is 1. The largest absolute Gasteiger partial charge is 0.388 e. The fourth-order valence-electron chi connectivity index (χ4n) is 1.79. The Morgan fingerprint density at radius 1 is 1.06 bits per heavy atom. The summed E-state index contributed by atoms with van der Waals surface area (Å²) in [7, 11) is 0. The lowest BCUT2D eigenvalue weighted by Gasteiger charge is -2.09. The van der Waals surface area contributed by atoms with Gasteiger partial charge in [-0.15, -0.1) is 0 Å². The summed E-state index contributed by atoms with van der Waals surface area (Å²) >= 11 is 1.76. The molecule has 2 rings (SSSR count). The lowest BCUT2D eigenvalue weighted by molar-refractivity contribution is 0.173. The molecule has 1 N–H and O–H groups in total. The minimum absolute atomic E-state index is 0.345. The second-order valence-electron chi connectivity index (χ2n) is 4.36. The van der Waals surface area contributed by atoms with E-state index in [0.717, 1.165) is 12.0 Å². The van der Waals surface area contributed by atoms with Crippen LogP contribution in [0.1, 0.15) is 30.6 Å². The number of aliphatic hydroxyl groups excluding tert-OH is 1. The van der Waals surface area contributed by atoms with Crippen LogP contribution in [0.15, 0.2) is 58.3 Å². The van der Waals surface area contributed by atoms with Crippen molar-refractivity contribution in [2.45, 2.75) is 36.2 Å². The lowest BCUT2D eigenvalue weighted by atomic mass is 10.1. The summed E-state index contributed by atoms with van der Waals surface area (Å²) in [6.45, 7) is 4.11. The molecule has 0 amide bonds. The molecule has 2 heteroatoms. The molecule has 1 nitrogen and oxygen atoms in total. The minimum Gasteiger partial charge on any atom is -0.388 e. The van der Waals surface area contributed by atoms with Gasteiger partial charge in [0.05, 0.1) is 6.10 Å².